The van der Waals surface area contributed by atoms with Crippen molar-refractivity contribution in [3.63, 3.8) is 0 Å². The average molecular weight is 177 g/mol. The van der Waals surface area contributed by atoms with E-state index in [1.807, 2.05) is 0 Å². The van der Waals surface area contributed by atoms with Crippen molar-refractivity contribution in [3.05, 3.63) is 0 Å². The second-order valence-corrected chi connectivity index (χ2v) is 2.07. The third-order valence-electron chi connectivity index (χ3n) is 0.945. The summed E-state index contributed by atoms with van der Waals surface area (Å²) in [7, 11) is 0. The molecule has 0 saturated carbocycles. The molecule has 5 heteroatoms. The van der Waals surface area contributed by atoms with Gasteiger partial charge in [-0.3, -0.25) is 4.79 Å². The monoisotopic (exact) mass is 177 g/mol. The topological polar surface area (TPSA) is 101 Å². The van der Waals surface area contributed by atoms with Crippen LogP contribution in [-0.4, -0.2) is 37.3 Å². The van der Waals surface area contributed by atoms with Crippen molar-refractivity contribution in [2.24, 2.45) is 11.5 Å². The molecule has 6 N–H and O–H groups in total. The number of carbonyl (C=O) groups is 1. The molecule has 5 nitrogen and oxygen atoms in total. The van der Waals surface area contributed by atoms with E-state index in [0.29, 0.717) is 13.1 Å². The molecule has 0 aliphatic rings. The molecule has 12 heavy (non-hydrogen) atoms. The van der Waals surface area contributed by atoms with Crippen LogP contribution < -0.4 is 16.8 Å². The fraction of sp³-hybridized carbons (Fsp3) is 0.857. The predicted octanol–water partition coefficient (Wildman–Crippen LogP) is -1.03. The Balaban J connectivity index is 0. The molecule has 0 radical (unpaired) electrons. The minimum absolute atomic E-state index is 0.222. The molecule has 0 bridgehead atoms. The number of nitrogens with one attached hydrogen (secondary N) is 1. The van der Waals surface area contributed by atoms with Crippen molar-refractivity contribution in [1.82, 2.24) is 5.32 Å². The summed E-state index contributed by atoms with van der Waals surface area (Å²) in [6.07, 6.45) is 0.222. The van der Waals surface area contributed by atoms with Gasteiger partial charge in [0, 0.05) is 32.6 Å². The Hall–Kier alpha value is -0.650. The van der Waals surface area contributed by atoms with Crippen LogP contribution in [0.2, 0.25) is 0 Å². The summed E-state index contributed by atoms with van der Waals surface area (Å²) in [5.74, 6) is -0.745. The van der Waals surface area contributed by atoms with E-state index in [1.165, 1.54) is 0 Å². The van der Waals surface area contributed by atoms with Crippen LogP contribution in [0.15, 0.2) is 0 Å². The van der Waals surface area contributed by atoms with E-state index in [2.05, 4.69) is 5.32 Å². The lowest BCUT2D eigenvalue weighted by atomic mass is 10.5. The molecule has 0 saturated heterocycles. The fourth-order valence-corrected chi connectivity index (χ4v) is 0.329. The van der Waals surface area contributed by atoms with Gasteiger partial charge in [-0.05, 0) is 0 Å². The zero-order valence-corrected chi connectivity index (χ0v) is 7.55. The summed E-state index contributed by atoms with van der Waals surface area (Å²) in [5.41, 5.74) is 10.3. The van der Waals surface area contributed by atoms with E-state index in [-0.39, 0.29) is 6.42 Å². The normalized spacial score (nSPS) is 8.58. The van der Waals surface area contributed by atoms with Crippen LogP contribution in [0.5, 0.6) is 0 Å². The molecule has 0 aromatic carbocycles. The van der Waals surface area contributed by atoms with E-state index in [1.54, 1.807) is 6.92 Å². The first-order valence-corrected chi connectivity index (χ1v) is 4.01. The van der Waals surface area contributed by atoms with Crippen LogP contribution in [0.4, 0.5) is 0 Å². The summed E-state index contributed by atoms with van der Waals surface area (Å²) < 4.78 is 0. The number of hydrogen-bond acceptors (Lipinski definition) is 4. The quantitative estimate of drug-likeness (QED) is 0.402. The van der Waals surface area contributed by atoms with Gasteiger partial charge in [-0.15, -0.1) is 0 Å². The zero-order chi connectivity index (χ0) is 9.82. The highest BCUT2D eigenvalue weighted by Gasteiger charge is 1.80. The Morgan fingerprint density at radius 2 is 1.67 bits per heavy atom. The van der Waals surface area contributed by atoms with Gasteiger partial charge >= 0.3 is 5.97 Å². The highest BCUT2D eigenvalue weighted by Crippen LogP contribution is 1.67. The summed E-state index contributed by atoms with van der Waals surface area (Å²) in [6.45, 7) is 4.73. The molecular weight excluding hydrogens is 158 g/mol. The lowest BCUT2D eigenvalue weighted by Gasteiger charge is -1.95. The van der Waals surface area contributed by atoms with Gasteiger partial charge in [0.2, 0.25) is 0 Å². The summed E-state index contributed by atoms with van der Waals surface area (Å²) in [5, 5.41) is 10.8. The van der Waals surface area contributed by atoms with Crippen molar-refractivity contribution >= 4 is 5.97 Å². The molecule has 0 aromatic rings. The highest BCUT2D eigenvalue weighted by molar-refractivity contribution is 5.66. The van der Waals surface area contributed by atoms with Crippen molar-refractivity contribution < 1.29 is 9.90 Å². The minimum atomic E-state index is -0.745. The largest absolute Gasteiger partial charge is 0.481 e. The Labute approximate surface area is 73.1 Å². The molecule has 0 aliphatic carbocycles. The molecule has 0 spiro atoms. The number of aliphatic carboxylic acids is 1. The second kappa shape index (κ2) is 13.0. The van der Waals surface area contributed by atoms with Crippen LogP contribution in [0.3, 0.4) is 0 Å². The highest BCUT2D eigenvalue weighted by atomic mass is 16.4. The van der Waals surface area contributed by atoms with Gasteiger partial charge in [0.25, 0.3) is 0 Å². The first-order chi connectivity index (χ1) is 5.68. The van der Waals surface area contributed by atoms with E-state index >= 15 is 0 Å². The SMILES string of the molecule is CCC(=O)O.NCCNCCN. The summed E-state index contributed by atoms with van der Waals surface area (Å²) >= 11 is 0. The van der Waals surface area contributed by atoms with Gasteiger partial charge in [0.15, 0.2) is 0 Å². The molecule has 0 unspecified atom stereocenters. The van der Waals surface area contributed by atoms with E-state index in [0.717, 1.165) is 13.1 Å². The lowest BCUT2D eigenvalue weighted by molar-refractivity contribution is -0.136. The van der Waals surface area contributed by atoms with Crippen LogP contribution in [-0.2, 0) is 4.79 Å². The van der Waals surface area contributed by atoms with Crippen LogP contribution >= 0.6 is 0 Å². The van der Waals surface area contributed by atoms with Crippen LogP contribution in [0.25, 0.3) is 0 Å². The first kappa shape index (κ1) is 13.9. The standard InChI is InChI=1S/C4H13N3.C3H6O2/c5-1-3-7-4-2-6;1-2-3(4)5/h7H,1-6H2;2H2,1H3,(H,4,5). The number of carboxylic acid groups (broad SMARTS) is 1. The Morgan fingerprint density at radius 3 is 1.83 bits per heavy atom. The molecule has 0 amide bonds. The zero-order valence-electron chi connectivity index (χ0n) is 7.55. The van der Waals surface area contributed by atoms with Crippen LogP contribution in [0, 0.1) is 0 Å². The van der Waals surface area contributed by atoms with Gasteiger partial charge in [-0.1, -0.05) is 6.92 Å². The third-order valence-corrected chi connectivity index (χ3v) is 0.945. The van der Waals surface area contributed by atoms with E-state index < -0.39 is 5.97 Å². The number of nitrogens with two attached hydrogens (primary N) is 2. The van der Waals surface area contributed by atoms with Crippen molar-refractivity contribution in [3.8, 4) is 0 Å². The van der Waals surface area contributed by atoms with Gasteiger partial charge < -0.3 is 21.9 Å². The molecule has 0 rings (SSSR count). The van der Waals surface area contributed by atoms with Gasteiger partial charge in [0.05, 0.1) is 0 Å². The molecule has 0 atom stereocenters. The maximum Gasteiger partial charge on any atom is 0.303 e. The molecule has 0 aliphatic heterocycles. The average Bonchev–Trinajstić information content (AvgIpc) is 2.07. The molecule has 0 fully saturated rings. The summed E-state index contributed by atoms with van der Waals surface area (Å²) in [6, 6.07) is 0. The van der Waals surface area contributed by atoms with E-state index in [9.17, 15) is 4.79 Å². The fourth-order valence-electron chi connectivity index (χ4n) is 0.329. The molecule has 0 aromatic heterocycles. The van der Waals surface area contributed by atoms with E-state index in [4.69, 9.17) is 16.6 Å². The lowest BCUT2D eigenvalue weighted by Crippen LogP contribution is -2.27. The van der Waals surface area contributed by atoms with Gasteiger partial charge in [0.1, 0.15) is 0 Å². The number of rotatable bonds is 5. The molecule has 0 heterocycles. The summed E-state index contributed by atoms with van der Waals surface area (Å²) in [4.78, 5) is 9.37. The van der Waals surface area contributed by atoms with Crippen molar-refractivity contribution in [2.75, 3.05) is 26.2 Å². The maximum absolute atomic E-state index is 9.37. The number of carboxylic acids is 1. The molecule has 74 valence electrons. The second-order valence-electron chi connectivity index (χ2n) is 2.07. The first-order valence-electron chi connectivity index (χ1n) is 4.01. The van der Waals surface area contributed by atoms with Gasteiger partial charge in [-0.2, -0.15) is 0 Å². The Bertz CT molecular complexity index is 94.7. The third kappa shape index (κ3) is 22.8. The Morgan fingerprint density at radius 1 is 1.33 bits per heavy atom. The van der Waals surface area contributed by atoms with Crippen molar-refractivity contribution in [2.45, 2.75) is 13.3 Å². The minimum Gasteiger partial charge on any atom is -0.481 e. The van der Waals surface area contributed by atoms with Crippen molar-refractivity contribution in [1.29, 1.82) is 0 Å². The van der Waals surface area contributed by atoms with Crippen LogP contribution in [0.1, 0.15) is 13.3 Å². The number of hydrogen-bond donors (Lipinski definition) is 4. The smallest absolute Gasteiger partial charge is 0.303 e. The maximum atomic E-state index is 9.37. The predicted molar refractivity (Wildman–Crippen MR) is 48.9 cm³/mol. The Kier molecular flexibility index (Phi) is 15.0. The molecular formula is C7H19N3O2. The van der Waals surface area contributed by atoms with Gasteiger partial charge in [-0.25, -0.2) is 0 Å².